The number of amides is 5. The summed E-state index contributed by atoms with van der Waals surface area (Å²) in [6.07, 6.45) is 2.66. The molecule has 1 aromatic rings. The summed E-state index contributed by atoms with van der Waals surface area (Å²) >= 11 is 0. The fourth-order valence-electron chi connectivity index (χ4n) is 3.73. The number of benzene rings is 1. The highest BCUT2D eigenvalue weighted by molar-refractivity contribution is 5.93. The quantitative estimate of drug-likeness (QED) is 0.144. The normalized spacial score (nSPS) is 13.0. The van der Waals surface area contributed by atoms with Gasteiger partial charge in [-0.1, -0.05) is 44.2 Å². The monoisotopic (exact) mass is 531 g/mol. The molecule has 0 heterocycles. The molecule has 0 fully saturated rings. The molecule has 3 atom stereocenters. The molecule has 38 heavy (non-hydrogen) atoms. The molecule has 5 N–H and O–H groups in total. The van der Waals surface area contributed by atoms with Crippen LogP contribution in [0.1, 0.15) is 58.9 Å². The van der Waals surface area contributed by atoms with Crippen molar-refractivity contribution in [2.75, 3.05) is 13.1 Å². The zero-order chi connectivity index (χ0) is 28.5. The molecule has 210 valence electrons. The number of rotatable bonds is 17. The number of hydrogen-bond acceptors (Lipinski definition) is 6. The van der Waals surface area contributed by atoms with Gasteiger partial charge in [-0.2, -0.15) is 0 Å². The summed E-state index contributed by atoms with van der Waals surface area (Å²) in [4.78, 5) is 72.6. The number of carbonyl (C=O) groups excluding carboxylic acids is 6. The highest BCUT2D eigenvalue weighted by Gasteiger charge is 2.28. The lowest BCUT2D eigenvalue weighted by Crippen LogP contribution is -2.56. The molecule has 0 aliphatic heterocycles. The van der Waals surface area contributed by atoms with Crippen LogP contribution in [-0.4, -0.2) is 67.0 Å². The summed E-state index contributed by atoms with van der Waals surface area (Å²) in [5.74, 6) is -2.00. The Balaban J connectivity index is 3.02. The summed E-state index contributed by atoms with van der Waals surface area (Å²) in [5, 5.41) is 13.1. The van der Waals surface area contributed by atoms with Gasteiger partial charge in [-0.15, -0.1) is 0 Å². The summed E-state index contributed by atoms with van der Waals surface area (Å²) in [7, 11) is 0. The van der Waals surface area contributed by atoms with E-state index in [9.17, 15) is 28.8 Å². The SMILES string of the molecule is CC(=O)NCCCC[C@H](NC(=O)CNC(C)=O)C(=O)N[C@@H](Cc1ccccc1)C(=O)N[C@H](C=O)CC(C)C. The molecule has 0 aliphatic rings. The van der Waals surface area contributed by atoms with E-state index >= 15 is 0 Å². The van der Waals surface area contributed by atoms with Gasteiger partial charge >= 0.3 is 0 Å². The third-order valence-electron chi connectivity index (χ3n) is 5.58. The average Bonchev–Trinajstić information content (AvgIpc) is 2.85. The minimum atomic E-state index is -0.992. The third-order valence-corrected chi connectivity index (χ3v) is 5.58. The van der Waals surface area contributed by atoms with Gasteiger partial charge in [0.15, 0.2) is 0 Å². The van der Waals surface area contributed by atoms with Crippen LogP contribution in [0.2, 0.25) is 0 Å². The van der Waals surface area contributed by atoms with Crippen molar-refractivity contribution in [1.29, 1.82) is 0 Å². The molecule has 0 aliphatic carbocycles. The number of aldehydes is 1. The third kappa shape index (κ3) is 14.1. The molecule has 0 saturated heterocycles. The van der Waals surface area contributed by atoms with E-state index < -0.39 is 35.8 Å². The van der Waals surface area contributed by atoms with E-state index in [-0.39, 0.29) is 37.1 Å². The van der Waals surface area contributed by atoms with Crippen molar-refractivity contribution >= 4 is 35.8 Å². The van der Waals surface area contributed by atoms with Crippen LogP contribution in [0.25, 0.3) is 0 Å². The zero-order valence-electron chi connectivity index (χ0n) is 22.7. The second kappa shape index (κ2) is 17.7. The van der Waals surface area contributed by atoms with Gasteiger partial charge in [-0.25, -0.2) is 0 Å². The lowest BCUT2D eigenvalue weighted by Gasteiger charge is -2.25. The lowest BCUT2D eigenvalue weighted by atomic mass is 10.0. The smallest absolute Gasteiger partial charge is 0.243 e. The second-order valence-corrected chi connectivity index (χ2v) is 9.64. The van der Waals surface area contributed by atoms with Crippen LogP contribution in [0, 0.1) is 5.92 Å². The molecule has 0 aromatic heterocycles. The average molecular weight is 532 g/mol. The molecular weight excluding hydrogens is 490 g/mol. The van der Waals surface area contributed by atoms with E-state index in [4.69, 9.17) is 0 Å². The number of nitrogens with one attached hydrogen (secondary N) is 5. The van der Waals surface area contributed by atoms with Gasteiger partial charge in [0.25, 0.3) is 0 Å². The zero-order valence-corrected chi connectivity index (χ0v) is 22.7. The highest BCUT2D eigenvalue weighted by atomic mass is 16.2. The molecule has 11 nitrogen and oxygen atoms in total. The first kappa shape index (κ1) is 32.3. The van der Waals surface area contributed by atoms with Crippen LogP contribution in [0.15, 0.2) is 30.3 Å². The van der Waals surface area contributed by atoms with Gasteiger partial charge in [-0.05, 0) is 37.2 Å². The number of unbranched alkanes of at least 4 members (excludes halogenated alkanes) is 1. The molecule has 0 unspecified atom stereocenters. The Bertz CT molecular complexity index is 937. The molecule has 11 heteroatoms. The maximum atomic E-state index is 13.3. The highest BCUT2D eigenvalue weighted by Crippen LogP contribution is 2.08. The Morgan fingerprint density at radius 1 is 0.816 bits per heavy atom. The van der Waals surface area contributed by atoms with Gasteiger partial charge in [0.05, 0.1) is 12.6 Å². The van der Waals surface area contributed by atoms with Crippen molar-refractivity contribution in [2.24, 2.45) is 5.92 Å². The molecule has 0 bridgehead atoms. The van der Waals surface area contributed by atoms with E-state index in [1.165, 1.54) is 13.8 Å². The first-order valence-corrected chi connectivity index (χ1v) is 12.9. The van der Waals surface area contributed by atoms with Crippen LogP contribution < -0.4 is 26.6 Å². The van der Waals surface area contributed by atoms with Gasteiger partial charge in [0.1, 0.15) is 18.4 Å². The Hall–Kier alpha value is -3.76. The van der Waals surface area contributed by atoms with E-state index in [1.54, 1.807) is 0 Å². The van der Waals surface area contributed by atoms with Crippen LogP contribution in [0.5, 0.6) is 0 Å². The van der Waals surface area contributed by atoms with Crippen LogP contribution >= 0.6 is 0 Å². The molecule has 5 amide bonds. The first-order chi connectivity index (χ1) is 18.0. The number of hydrogen-bond donors (Lipinski definition) is 5. The number of carbonyl (C=O) groups is 6. The minimum Gasteiger partial charge on any atom is -0.356 e. The van der Waals surface area contributed by atoms with Crippen molar-refractivity contribution in [1.82, 2.24) is 26.6 Å². The van der Waals surface area contributed by atoms with Crippen molar-refractivity contribution in [2.45, 2.75) is 77.9 Å². The topological polar surface area (TPSA) is 163 Å². The van der Waals surface area contributed by atoms with Crippen LogP contribution in [0.3, 0.4) is 0 Å². The van der Waals surface area contributed by atoms with Crippen LogP contribution in [0.4, 0.5) is 0 Å². The van der Waals surface area contributed by atoms with Crippen molar-refractivity contribution in [3.05, 3.63) is 35.9 Å². The van der Waals surface area contributed by atoms with Gasteiger partial charge < -0.3 is 31.4 Å². The first-order valence-electron chi connectivity index (χ1n) is 12.9. The van der Waals surface area contributed by atoms with Gasteiger partial charge in [0.2, 0.25) is 29.5 Å². The van der Waals surface area contributed by atoms with E-state index in [0.717, 1.165) is 5.56 Å². The maximum Gasteiger partial charge on any atom is 0.243 e. The predicted molar refractivity (Wildman–Crippen MR) is 143 cm³/mol. The molecule has 1 rings (SSSR count). The fourth-order valence-corrected chi connectivity index (χ4v) is 3.73. The van der Waals surface area contributed by atoms with Crippen molar-refractivity contribution in [3.63, 3.8) is 0 Å². The van der Waals surface area contributed by atoms with Gasteiger partial charge in [-0.3, -0.25) is 24.0 Å². The van der Waals surface area contributed by atoms with Crippen molar-refractivity contribution in [3.8, 4) is 0 Å². The molecule has 0 spiro atoms. The summed E-state index contributed by atoms with van der Waals surface area (Å²) in [6, 6.07) is 6.46. The fraction of sp³-hybridized carbons (Fsp3) is 0.556. The van der Waals surface area contributed by atoms with E-state index in [2.05, 4.69) is 26.6 Å². The van der Waals surface area contributed by atoms with Gasteiger partial charge in [0, 0.05) is 26.8 Å². The summed E-state index contributed by atoms with van der Waals surface area (Å²) < 4.78 is 0. The minimum absolute atomic E-state index is 0.163. The second-order valence-electron chi connectivity index (χ2n) is 9.64. The maximum absolute atomic E-state index is 13.3. The Morgan fingerprint density at radius 2 is 1.45 bits per heavy atom. The Morgan fingerprint density at radius 3 is 2.03 bits per heavy atom. The molecule has 0 saturated carbocycles. The van der Waals surface area contributed by atoms with E-state index in [1.807, 2.05) is 44.2 Å². The standard InChI is InChI=1S/C27H41N5O6/c1-18(2)14-22(17-33)30-27(38)24(15-21-10-6-5-7-11-21)32-26(37)23(12-8-9-13-28-19(3)34)31-25(36)16-29-20(4)35/h5-7,10-11,17-18,22-24H,8-9,12-16H2,1-4H3,(H,28,34)(H,29,35)(H,30,38)(H,31,36)(H,32,37)/t22-,23-,24-/m0/s1. The molecule has 1 aromatic carbocycles. The Kier molecular flexibility index (Phi) is 15.0. The van der Waals surface area contributed by atoms with E-state index in [0.29, 0.717) is 32.1 Å². The lowest BCUT2D eigenvalue weighted by molar-refractivity contribution is -0.133. The summed E-state index contributed by atoms with van der Waals surface area (Å²) in [5.41, 5.74) is 0.806. The molecular formula is C27H41N5O6. The summed E-state index contributed by atoms with van der Waals surface area (Å²) in [6.45, 7) is 6.68. The predicted octanol–water partition coefficient (Wildman–Crippen LogP) is 0.371. The Labute approximate surface area is 224 Å². The largest absolute Gasteiger partial charge is 0.356 e. The van der Waals surface area contributed by atoms with Crippen LogP contribution in [-0.2, 0) is 35.2 Å². The van der Waals surface area contributed by atoms with Crippen molar-refractivity contribution < 1.29 is 28.8 Å². The molecule has 0 radical (unpaired) electrons.